The van der Waals surface area contributed by atoms with Crippen molar-refractivity contribution in [2.75, 3.05) is 0 Å². The van der Waals surface area contributed by atoms with Gasteiger partial charge in [0.05, 0.1) is 6.10 Å². The van der Waals surface area contributed by atoms with Crippen molar-refractivity contribution in [2.45, 2.75) is 117 Å². The quantitative estimate of drug-likeness (QED) is 0.339. The van der Waals surface area contributed by atoms with Crippen LogP contribution < -0.4 is 0 Å². The molecule has 3 fully saturated rings. The third kappa shape index (κ3) is 4.13. The van der Waals surface area contributed by atoms with Gasteiger partial charge in [0, 0.05) is 6.10 Å². The third-order valence-corrected chi connectivity index (χ3v) is 11.0. The zero-order valence-corrected chi connectivity index (χ0v) is 22.4. The van der Waals surface area contributed by atoms with E-state index >= 15 is 0 Å². The van der Waals surface area contributed by atoms with Crippen LogP contribution in [0.3, 0.4) is 0 Å². The Morgan fingerprint density at radius 1 is 0.828 bits per heavy atom. The van der Waals surface area contributed by atoms with Crippen LogP contribution in [0.25, 0.3) is 0 Å². The summed E-state index contributed by atoms with van der Waals surface area (Å²) in [7, 11) is -2.93. The van der Waals surface area contributed by atoms with Crippen LogP contribution in [0.1, 0.15) is 65.2 Å². The Labute approximate surface area is 182 Å². The van der Waals surface area contributed by atoms with Crippen LogP contribution in [0.15, 0.2) is 11.6 Å². The van der Waals surface area contributed by atoms with Crippen molar-refractivity contribution >= 4 is 16.6 Å². The molecule has 0 N–H and O–H groups in total. The van der Waals surface area contributed by atoms with Crippen molar-refractivity contribution in [3.63, 3.8) is 0 Å². The van der Waals surface area contributed by atoms with Crippen molar-refractivity contribution in [1.82, 2.24) is 0 Å². The first-order valence-corrected chi connectivity index (χ1v) is 19.2. The lowest BCUT2D eigenvalue weighted by Crippen LogP contribution is -2.52. The second kappa shape index (κ2) is 7.32. The first-order valence-electron chi connectivity index (χ1n) is 12.4. The summed E-state index contributed by atoms with van der Waals surface area (Å²) in [5.41, 5.74) is 2.60. The van der Waals surface area contributed by atoms with Gasteiger partial charge in [-0.25, -0.2) is 0 Å². The summed E-state index contributed by atoms with van der Waals surface area (Å²) < 4.78 is 13.3. The molecule has 2 nitrogen and oxygen atoms in total. The summed E-state index contributed by atoms with van der Waals surface area (Å²) in [6, 6.07) is 0. The Morgan fingerprint density at radius 2 is 1.52 bits per heavy atom. The van der Waals surface area contributed by atoms with E-state index in [0.29, 0.717) is 23.0 Å². The highest BCUT2D eigenvalue weighted by atomic mass is 28.4. The highest BCUT2D eigenvalue weighted by molar-refractivity contribution is 6.70. The van der Waals surface area contributed by atoms with Crippen LogP contribution >= 0.6 is 0 Å². The lowest BCUT2D eigenvalue weighted by atomic mass is 9.48. The van der Waals surface area contributed by atoms with Crippen molar-refractivity contribution in [1.29, 1.82) is 0 Å². The SMILES string of the molecule is CC12CC[C@H](O[Si](C)(C)C)CC1=CCC1C2CCC2(C)C1CC[C@@H]2O[Si](C)(C)C. The average molecular weight is 435 g/mol. The Morgan fingerprint density at radius 3 is 2.17 bits per heavy atom. The number of hydrogen-bond acceptors (Lipinski definition) is 2. The minimum absolute atomic E-state index is 0.418. The Bertz CT molecular complexity index is 661. The van der Waals surface area contributed by atoms with E-state index in [1.807, 2.05) is 0 Å². The molecular formula is C25H46O2Si2. The molecule has 0 saturated heterocycles. The van der Waals surface area contributed by atoms with Gasteiger partial charge in [0.15, 0.2) is 16.6 Å². The highest BCUT2D eigenvalue weighted by Crippen LogP contribution is 2.65. The van der Waals surface area contributed by atoms with Gasteiger partial charge in [-0.2, -0.15) is 0 Å². The van der Waals surface area contributed by atoms with Gasteiger partial charge in [0.1, 0.15) is 0 Å². The number of hydrogen-bond donors (Lipinski definition) is 0. The monoisotopic (exact) mass is 434 g/mol. The molecule has 0 amide bonds. The molecule has 3 saturated carbocycles. The number of rotatable bonds is 4. The minimum Gasteiger partial charge on any atom is -0.414 e. The summed E-state index contributed by atoms with van der Waals surface area (Å²) in [4.78, 5) is 0. The van der Waals surface area contributed by atoms with Crippen LogP contribution in [0.4, 0.5) is 0 Å². The van der Waals surface area contributed by atoms with Gasteiger partial charge in [-0.15, -0.1) is 0 Å². The van der Waals surface area contributed by atoms with Gasteiger partial charge in [-0.3, -0.25) is 0 Å². The van der Waals surface area contributed by atoms with E-state index in [9.17, 15) is 0 Å². The van der Waals surface area contributed by atoms with E-state index in [-0.39, 0.29) is 0 Å². The molecule has 0 heterocycles. The van der Waals surface area contributed by atoms with Crippen LogP contribution in [-0.2, 0) is 8.85 Å². The van der Waals surface area contributed by atoms with E-state index < -0.39 is 16.6 Å². The Kier molecular flexibility index (Phi) is 5.62. The lowest BCUT2D eigenvalue weighted by Gasteiger charge is -2.58. The zero-order chi connectivity index (χ0) is 21.2. The summed E-state index contributed by atoms with van der Waals surface area (Å²) in [5.74, 6) is 2.64. The Balaban J connectivity index is 1.53. The summed E-state index contributed by atoms with van der Waals surface area (Å²) in [6.45, 7) is 19.3. The standard InChI is InChI=1S/C25H46O2Si2/c1-24-15-13-19(26-28(3,4)5)17-18(24)9-10-20-21-11-12-23(27-29(6,7)8)25(21,2)16-14-22(20)24/h9,19-23H,10-17H2,1-8H3/t19-,20?,21?,22?,23-,24?,25?/m0/s1. The fourth-order valence-electron chi connectivity index (χ4n) is 7.80. The van der Waals surface area contributed by atoms with Crippen molar-refractivity contribution in [3.8, 4) is 0 Å². The topological polar surface area (TPSA) is 18.5 Å². The molecule has 0 aliphatic heterocycles. The van der Waals surface area contributed by atoms with E-state index in [4.69, 9.17) is 8.85 Å². The molecule has 7 atom stereocenters. The normalized spacial score (nSPS) is 45.2. The molecular weight excluding hydrogens is 388 g/mol. The smallest absolute Gasteiger partial charge is 0.184 e. The van der Waals surface area contributed by atoms with Crippen LogP contribution in [0.5, 0.6) is 0 Å². The summed E-state index contributed by atoms with van der Waals surface area (Å²) in [5, 5.41) is 0. The first-order chi connectivity index (χ1) is 13.3. The fraction of sp³-hybridized carbons (Fsp3) is 0.920. The molecule has 4 rings (SSSR count). The van der Waals surface area contributed by atoms with Gasteiger partial charge in [0.2, 0.25) is 0 Å². The maximum Gasteiger partial charge on any atom is 0.184 e. The molecule has 4 aliphatic carbocycles. The van der Waals surface area contributed by atoms with Gasteiger partial charge in [0.25, 0.3) is 0 Å². The van der Waals surface area contributed by atoms with Crippen molar-refractivity contribution in [3.05, 3.63) is 11.6 Å². The summed E-state index contributed by atoms with van der Waals surface area (Å²) >= 11 is 0. The van der Waals surface area contributed by atoms with Crippen LogP contribution in [-0.4, -0.2) is 28.8 Å². The molecule has 4 aliphatic rings. The number of allylic oxidation sites excluding steroid dienone is 1. The number of fused-ring (bicyclic) bond motifs is 5. The maximum absolute atomic E-state index is 6.75. The molecule has 4 heteroatoms. The zero-order valence-electron chi connectivity index (χ0n) is 20.4. The van der Waals surface area contributed by atoms with E-state index in [2.05, 4.69) is 59.2 Å². The predicted octanol–water partition coefficient (Wildman–Crippen LogP) is 7.39. The third-order valence-electron chi connectivity index (χ3n) is 8.99. The molecule has 0 aromatic carbocycles. The van der Waals surface area contributed by atoms with Crippen LogP contribution in [0.2, 0.25) is 39.3 Å². The molecule has 166 valence electrons. The molecule has 0 bridgehead atoms. The average Bonchev–Trinajstić information content (AvgIpc) is 2.89. The lowest BCUT2D eigenvalue weighted by molar-refractivity contribution is -0.0660. The molecule has 0 radical (unpaired) electrons. The Hall–Kier alpha value is 0.0938. The molecule has 29 heavy (non-hydrogen) atoms. The van der Waals surface area contributed by atoms with E-state index in [1.54, 1.807) is 5.57 Å². The van der Waals surface area contributed by atoms with E-state index in [1.165, 1.54) is 51.4 Å². The maximum atomic E-state index is 6.75. The predicted molar refractivity (Wildman–Crippen MR) is 128 cm³/mol. The van der Waals surface area contributed by atoms with Crippen LogP contribution in [0, 0.1) is 28.6 Å². The van der Waals surface area contributed by atoms with Gasteiger partial charge >= 0.3 is 0 Å². The largest absolute Gasteiger partial charge is 0.414 e. The molecule has 0 spiro atoms. The van der Waals surface area contributed by atoms with Gasteiger partial charge in [-0.1, -0.05) is 25.5 Å². The highest BCUT2D eigenvalue weighted by Gasteiger charge is 2.59. The van der Waals surface area contributed by atoms with Crippen molar-refractivity contribution < 1.29 is 8.85 Å². The molecule has 5 unspecified atom stereocenters. The van der Waals surface area contributed by atoms with Gasteiger partial charge < -0.3 is 8.85 Å². The second-order valence-electron chi connectivity index (χ2n) is 13.2. The van der Waals surface area contributed by atoms with Gasteiger partial charge in [-0.05, 0) is 119 Å². The van der Waals surface area contributed by atoms with Crippen molar-refractivity contribution in [2.24, 2.45) is 28.6 Å². The first kappa shape index (κ1) is 22.3. The minimum atomic E-state index is -1.48. The molecule has 0 aromatic rings. The fourth-order valence-corrected chi connectivity index (χ4v) is 10.2. The summed E-state index contributed by atoms with van der Waals surface area (Å²) in [6.07, 6.45) is 14.3. The second-order valence-corrected chi connectivity index (χ2v) is 22.1. The molecule has 0 aromatic heterocycles. The van der Waals surface area contributed by atoms with E-state index in [0.717, 1.165) is 17.8 Å².